The molecule has 0 aromatic carbocycles. The van der Waals surface area contributed by atoms with Crippen LogP contribution in [0.2, 0.25) is 0 Å². The van der Waals surface area contributed by atoms with Crippen molar-refractivity contribution in [3.8, 4) is 0 Å². The highest BCUT2D eigenvalue weighted by Gasteiger charge is 2.06. The van der Waals surface area contributed by atoms with Crippen molar-refractivity contribution >= 4 is 0 Å². The third kappa shape index (κ3) is 10.1. The number of hydrogen-bond donors (Lipinski definition) is 2. The van der Waals surface area contributed by atoms with E-state index < -0.39 is 12.2 Å². The van der Waals surface area contributed by atoms with Gasteiger partial charge in [-0.2, -0.15) is 0 Å². The molecule has 5 heteroatoms. The van der Waals surface area contributed by atoms with Crippen LogP contribution in [0, 0.1) is 0 Å². The molecule has 5 nitrogen and oxygen atoms in total. The summed E-state index contributed by atoms with van der Waals surface area (Å²) in [4.78, 5) is 0. The van der Waals surface area contributed by atoms with Gasteiger partial charge in [0.25, 0.3) is 0 Å². The fourth-order valence-electron chi connectivity index (χ4n) is 1.05. The summed E-state index contributed by atoms with van der Waals surface area (Å²) in [5.41, 5.74) is 0. The van der Waals surface area contributed by atoms with Crippen LogP contribution < -0.4 is 0 Å². The molecule has 0 aliphatic heterocycles. The van der Waals surface area contributed by atoms with Crippen molar-refractivity contribution < 1.29 is 24.4 Å². The molecule has 0 aromatic heterocycles. The van der Waals surface area contributed by atoms with Gasteiger partial charge in [0.15, 0.2) is 0 Å². The summed E-state index contributed by atoms with van der Waals surface area (Å²) in [6, 6.07) is 0. The Kier molecular flexibility index (Phi) is 10.2. The van der Waals surface area contributed by atoms with Crippen LogP contribution >= 0.6 is 0 Å². The van der Waals surface area contributed by atoms with Gasteiger partial charge in [-0.05, 0) is 12.8 Å². The van der Waals surface area contributed by atoms with Gasteiger partial charge < -0.3 is 24.4 Å². The predicted octanol–water partition coefficient (Wildman–Crippen LogP) is -0.202. The van der Waals surface area contributed by atoms with Crippen molar-refractivity contribution in [1.29, 1.82) is 0 Å². The van der Waals surface area contributed by atoms with Gasteiger partial charge in [0.1, 0.15) is 0 Å². The lowest BCUT2D eigenvalue weighted by molar-refractivity contribution is -0.00352. The number of aliphatic hydroxyl groups excluding tert-OH is 2. The molecule has 0 fully saturated rings. The van der Waals surface area contributed by atoms with Gasteiger partial charge in [0.2, 0.25) is 0 Å². The maximum atomic E-state index is 9.36. The topological polar surface area (TPSA) is 68.2 Å². The second-order valence-electron chi connectivity index (χ2n) is 3.41. The van der Waals surface area contributed by atoms with E-state index >= 15 is 0 Å². The van der Waals surface area contributed by atoms with Crippen LogP contribution in [0.3, 0.4) is 0 Å². The molecule has 0 saturated heterocycles. The van der Waals surface area contributed by atoms with E-state index in [0.717, 1.165) is 0 Å². The molecule has 0 rings (SSSR count). The summed E-state index contributed by atoms with van der Waals surface area (Å²) in [6.07, 6.45) is 0.0951. The predicted molar refractivity (Wildman–Crippen MR) is 55.8 cm³/mol. The average Bonchev–Trinajstić information content (AvgIpc) is 2.22. The molecular formula is C10H22O5. The second-order valence-corrected chi connectivity index (χ2v) is 3.41. The highest BCUT2D eigenvalue weighted by atomic mass is 16.5. The second kappa shape index (κ2) is 10.3. The first-order valence-corrected chi connectivity index (χ1v) is 5.12. The Bertz CT molecular complexity index is 131. The number of rotatable bonds is 10. The van der Waals surface area contributed by atoms with Crippen LogP contribution in [0.15, 0.2) is 0 Å². The van der Waals surface area contributed by atoms with Crippen molar-refractivity contribution in [3.05, 3.63) is 0 Å². The molecule has 0 spiro atoms. The average molecular weight is 222 g/mol. The van der Waals surface area contributed by atoms with Crippen LogP contribution in [0.4, 0.5) is 0 Å². The SMILES string of the molecule is COCCC(O)COCCC(O)COC. The fraction of sp³-hybridized carbons (Fsp3) is 1.00. The van der Waals surface area contributed by atoms with E-state index in [9.17, 15) is 10.2 Å². The van der Waals surface area contributed by atoms with Gasteiger partial charge in [-0.25, -0.2) is 0 Å². The lowest BCUT2D eigenvalue weighted by atomic mass is 10.2. The van der Waals surface area contributed by atoms with Crippen molar-refractivity contribution in [2.24, 2.45) is 0 Å². The Morgan fingerprint density at radius 2 is 1.47 bits per heavy atom. The molecular weight excluding hydrogens is 200 g/mol. The molecule has 2 unspecified atom stereocenters. The molecule has 92 valence electrons. The number of methoxy groups -OCH3 is 2. The summed E-state index contributed by atoms with van der Waals surface area (Å²) >= 11 is 0. The van der Waals surface area contributed by atoms with Crippen LogP contribution in [0.25, 0.3) is 0 Å². The van der Waals surface area contributed by atoms with Gasteiger partial charge in [-0.15, -0.1) is 0 Å². The van der Waals surface area contributed by atoms with E-state index in [2.05, 4.69) is 0 Å². The third-order valence-corrected chi connectivity index (χ3v) is 1.92. The molecule has 15 heavy (non-hydrogen) atoms. The van der Waals surface area contributed by atoms with Crippen molar-refractivity contribution in [1.82, 2.24) is 0 Å². The largest absolute Gasteiger partial charge is 0.391 e. The minimum atomic E-state index is -0.496. The zero-order valence-electron chi connectivity index (χ0n) is 9.52. The normalized spacial score (nSPS) is 15.2. The maximum absolute atomic E-state index is 9.36. The molecule has 0 saturated carbocycles. The third-order valence-electron chi connectivity index (χ3n) is 1.92. The molecule has 0 heterocycles. The fourth-order valence-corrected chi connectivity index (χ4v) is 1.05. The lowest BCUT2D eigenvalue weighted by Gasteiger charge is -2.12. The zero-order valence-corrected chi connectivity index (χ0v) is 9.52. The molecule has 2 N–H and O–H groups in total. The first kappa shape index (κ1) is 14.8. The van der Waals surface area contributed by atoms with Gasteiger partial charge >= 0.3 is 0 Å². The smallest absolute Gasteiger partial charge is 0.0795 e. The van der Waals surface area contributed by atoms with Crippen LogP contribution in [-0.2, 0) is 14.2 Å². The molecule has 0 amide bonds. The van der Waals surface area contributed by atoms with Crippen LogP contribution in [-0.4, -0.2) is 63.1 Å². The van der Waals surface area contributed by atoms with E-state index in [1.807, 2.05) is 0 Å². The van der Waals surface area contributed by atoms with E-state index in [-0.39, 0.29) is 6.61 Å². The first-order chi connectivity index (χ1) is 7.20. The highest BCUT2D eigenvalue weighted by Crippen LogP contribution is 1.96. The van der Waals surface area contributed by atoms with Crippen molar-refractivity contribution in [2.75, 3.05) is 40.6 Å². The maximum Gasteiger partial charge on any atom is 0.0795 e. The van der Waals surface area contributed by atoms with E-state index in [4.69, 9.17) is 14.2 Å². The minimum Gasteiger partial charge on any atom is -0.391 e. The van der Waals surface area contributed by atoms with Crippen molar-refractivity contribution in [2.45, 2.75) is 25.0 Å². The van der Waals surface area contributed by atoms with Crippen molar-refractivity contribution in [3.63, 3.8) is 0 Å². The molecule has 0 aromatic rings. The van der Waals surface area contributed by atoms with Gasteiger partial charge in [-0.3, -0.25) is 0 Å². The standard InChI is InChI=1S/C10H22O5/c1-13-5-3-10(12)8-15-6-4-9(11)7-14-2/h9-12H,3-8H2,1-2H3. The first-order valence-electron chi connectivity index (χ1n) is 5.12. The Balaban J connectivity index is 3.22. The van der Waals surface area contributed by atoms with Crippen LogP contribution in [0.1, 0.15) is 12.8 Å². The van der Waals surface area contributed by atoms with Gasteiger partial charge in [-0.1, -0.05) is 0 Å². The minimum absolute atomic E-state index is 0.281. The number of ether oxygens (including phenoxy) is 3. The van der Waals surface area contributed by atoms with Gasteiger partial charge in [0, 0.05) is 27.4 Å². The number of aliphatic hydroxyl groups is 2. The summed E-state index contributed by atoms with van der Waals surface area (Å²) in [6.45, 7) is 1.55. The molecule has 0 aliphatic carbocycles. The number of hydrogen-bond acceptors (Lipinski definition) is 5. The summed E-state index contributed by atoms with van der Waals surface area (Å²) in [7, 11) is 3.13. The Labute approximate surface area is 91.0 Å². The van der Waals surface area contributed by atoms with E-state index in [1.54, 1.807) is 14.2 Å². The lowest BCUT2D eigenvalue weighted by Crippen LogP contribution is -2.21. The molecule has 0 radical (unpaired) electrons. The Morgan fingerprint density at radius 3 is 2.07 bits per heavy atom. The van der Waals surface area contributed by atoms with Crippen LogP contribution in [0.5, 0.6) is 0 Å². The zero-order chi connectivity index (χ0) is 11.5. The summed E-state index contributed by atoms with van der Waals surface area (Å²) in [5, 5.41) is 18.6. The molecule has 0 bridgehead atoms. The summed E-state index contributed by atoms with van der Waals surface area (Å²) in [5.74, 6) is 0. The highest BCUT2D eigenvalue weighted by molar-refractivity contribution is 4.55. The monoisotopic (exact) mass is 222 g/mol. The van der Waals surface area contributed by atoms with Gasteiger partial charge in [0.05, 0.1) is 25.4 Å². The Morgan fingerprint density at radius 1 is 0.867 bits per heavy atom. The Hall–Kier alpha value is -0.200. The quantitative estimate of drug-likeness (QED) is 0.501. The molecule has 0 aliphatic rings. The van der Waals surface area contributed by atoms with E-state index in [0.29, 0.717) is 32.7 Å². The summed E-state index contributed by atoms with van der Waals surface area (Å²) < 4.78 is 14.8. The van der Waals surface area contributed by atoms with E-state index in [1.165, 1.54) is 0 Å². The molecule has 2 atom stereocenters.